The zero-order valence-electron chi connectivity index (χ0n) is 16.4. The topological polar surface area (TPSA) is 110 Å². The molecular formula is C22H19FN2O6. The number of hydrogen-bond acceptors (Lipinski definition) is 6. The maximum Gasteiger partial charge on any atom is 0.295 e. The summed E-state index contributed by atoms with van der Waals surface area (Å²) in [4.78, 5) is 37.8. The second-order valence-electron chi connectivity index (χ2n) is 7.45. The third-order valence-corrected chi connectivity index (χ3v) is 5.48. The quantitative estimate of drug-likeness (QED) is 0.258. The van der Waals surface area contributed by atoms with Crippen LogP contribution in [-0.4, -0.2) is 45.9 Å². The highest BCUT2D eigenvalue weighted by molar-refractivity contribution is 6.46. The van der Waals surface area contributed by atoms with Crippen molar-refractivity contribution in [2.24, 2.45) is 0 Å². The Morgan fingerprint density at radius 1 is 1.23 bits per heavy atom. The van der Waals surface area contributed by atoms with Crippen molar-refractivity contribution < 1.29 is 28.7 Å². The van der Waals surface area contributed by atoms with Gasteiger partial charge in [-0.1, -0.05) is 12.1 Å². The van der Waals surface area contributed by atoms with E-state index in [1.165, 1.54) is 35.2 Å². The molecule has 1 N–H and O–H groups in total. The predicted molar refractivity (Wildman–Crippen MR) is 107 cm³/mol. The molecule has 31 heavy (non-hydrogen) atoms. The average molecular weight is 426 g/mol. The molecule has 2 fully saturated rings. The van der Waals surface area contributed by atoms with E-state index in [4.69, 9.17) is 4.74 Å². The van der Waals surface area contributed by atoms with Crippen LogP contribution in [0.15, 0.2) is 54.1 Å². The maximum absolute atomic E-state index is 13.3. The van der Waals surface area contributed by atoms with Crippen LogP contribution in [0.1, 0.15) is 30.0 Å². The molecule has 0 bridgehead atoms. The number of nitro groups is 1. The van der Waals surface area contributed by atoms with E-state index < -0.39 is 34.2 Å². The Bertz CT molecular complexity index is 1080. The van der Waals surface area contributed by atoms with E-state index in [-0.39, 0.29) is 29.5 Å². The van der Waals surface area contributed by atoms with E-state index in [0.717, 1.165) is 18.6 Å². The number of aliphatic hydroxyl groups excluding tert-OH is 1. The molecule has 0 spiro atoms. The average Bonchev–Trinajstić information content (AvgIpc) is 3.36. The number of aliphatic hydroxyl groups is 1. The summed E-state index contributed by atoms with van der Waals surface area (Å²) in [6.07, 6.45) is 1.26. The van der Waals surface area contributed by atoms with Crippen LogP contribution >= 0.6 is 0 Å². The van der Waals surface area contributed by atoms with Crippen LogP contribution in [0, 0.1) is 15.9 Å². The van der Waals surface area contributed by atoms with Crippen molar-refractivity contribution in [3.05, 3.63) is 81.2 Å². The van der Waals surface area contributed by atoms with Crippen molar-refractivity contribution in [2.45, 2.75) is 25.0 Å². The molecule has 4 rings (SSSR count). The monoisotopic (exact) mass is 426 g/mol. The van der Waals surface area contributed by atoms with Crippen molar-refractivity contribution in [3.63, 3.8) is 0 Å². The van der Waals surface area contributed by atoms with E-state index in [1.54, 1.807) is 6.07 Å². The number of hydrogen-bond donors (Lipinski definition) is 1. The summed E-state index contributed by atoms with van der Waals surface area (Å²) in [6, 6.07) is 9.40. The van der Waals surface area contributed by atoms with E-state index >= 15 is 0 Å². The number of rotatable bonds is 5. The SMILES string of the molecule is O=C1C(=O)N(CC2CCCO2)C(c2cccc([N+](=O)[O-])c2)/C1=C(/O)c1ccc(F)cc1. The number of carbonyl (C=O) groups is 2. The number of halogens is 1. The molecule has 0 aliphatic carbocycles. The summed E-state index contributed by atoms with van der Waals surface area (Å²) in [6.45, 7) is 0.657. The number of ketones is 1. The van der Waals surface area contributed by atoms with Gasteiger partial charge in [0.25, 0.3) is 17.4 Å². The molecule has 2 aromatic rings. The van der Waals surface area contributed by atoms with Gasteiger partial charge in [-0.2, -0.15) is 0 Å². The molecule has 2 heterocycles. The number of benzene rings is 2. The molecule has 0 saturated carbocycles. The number of nitro benzene ring substituents is 1. The molecule has 2 aliphatic heterocycles. The molecule has 0 aromatic heterocycles. The summed E-state index contributed by atoms with van der Waals surface area (Å²) < 4.78 is 18.9. The largest absolute Gasteiger partial charge is 0.507 e. The Morgan fingerprint density at radius 3 is 2.61 bits per heavy atom. The van der Waals surface area contributed by atoms with E-state index in [0.29, 0.717) is 18.6 Å². The molecule has 2 atom stereocenters. The van der Waals surface area contributed by atoms with Crippen LogP contribution in [0.4, 0.5) is 10.1 Å². The summed E-state index contributed by atoms with van der Waals surface area (Å²) in [5, 5.41) is 22.1. The first-order chi connectivity index (χ1) is 14.9. The maximum atomic E-state index is 13.3. The Hall–Kier alpha value is -3.59. The lowest BCUT2D eigenvalue weighted by Gasteiger charge is -2.27. The van der Waals surface area contributed by atoms with Gasteiger partial charge in [0.2, 0.25) is 0 Å². The Balaban J connectivity index is 1.85. The van der Waals surface area contributed by atoms with Crippen molar-refractivity contribution in [3.8, 4) is 0 Å². The van der Waals surface area contributed by atoms with Gasteiger partial charge in [-0.25, -0.2) is 4.39 Å². The van der Waals surface area contributed by atoms with Crippen molar-refractivity contribution in [2.75, 3.05) is 13.2 Å². The molecule has 160 valence electrons. The minimum absolute atomic E-state index is 0.109. The smallest absolute Gasteiger partial charge is 0.295 e. The van der Waals surface area contributed by atoms with Crippen LogP contribution in [0.2, 0.25) is 0 Å². The fourth-order valence-electron chi connectivity index (χ4n) is 3.99. The van der Waals surface area contributed by atoms with Gasteiger partial charge in [-0.05, 0) is 42.7 Å². The normalized spacial score (nSPS) is 22.8. The second kappa shape index (κ2) is 8.27. The highest BCUT2D eigenvalue weighted by atomic mass is 19.1. The first-order valence-electron chi connectivity index (χ1n) is 9.77. The van der Waals surface area contributed by atoms with Crippen molar-refractivity contribution in [1.82, 2.24) is 4.90 Å². The van der Waals surface area contributed by atoms with Gasteiger partial charge >= 0.3 is 0 Å². The first-order valence-corrected chi connectivity index (χ1v) is 9.77. The van der Waals surface area contributed by atoms with Gasteiger partial charge in [0.1, 0.15) is 11.6 Å². The first kappa shape index (κ1) is 20.7. The highest BCUT2D eigenvalue weighted by Gasteiger charge is 2.47. The number of non-ortho nitro benzene ring substituents is 1. The molecule has 2 saturated heterocycles. The van der Waals surface area contributed by atoms with Crippen LogP contribution in [-0.2, 0) is 14.3 Å². The van der Waals surface area contributed by atoms with Crippen molar-refractivity contribution >= 4 is 23.1 Å². The zero-order chi connectivity index (χ0) is 22.1. The number of carbonyl (C=O) groups excluding carboxylic acids is 2. The van der Waals surface area contributed by atoms with Crippen LogP contribution in [0.5, 0.6) is 0 Å². The van der Waals surface area contributed by atoms with Gasteiger partial charge in [-0.3, -0.25) is 19.7 Å². The molecule has 2 aromatic carbocycles. The fourth-order valence-corrected chi connectivity index (χ4v) is 3.99. The minimum Gasteiger partial charge on any atom is -0.507 e. The lowest BCUT2D eigenvalue weighted by molar-refractivity contribution is -0.384. The van der Waals surface area contributed by atoms with Crippen LogP contribution in [0.3, 0.4) is 0 Å². The fraction of sp³-hybridized carbons (Fsp3) is 0.273. The van der Waals surface area contributed by atoms with Crippen LogP contribution < -0.4 is 0 Å². The standard InChI is InChI=1S/C22H19FN2O6/c23-15-8-6-13(7-9-15)20(26)18-19(14-3-1-4-16(11-14)25(29)30)24(22(28)21(18)27)12-17-5-2-10-31-17/h1,3-4,6-9,11,17,19,26H,2,5,10,12H2/b20-18-. The van der Waals surface area contributed by atoms with Gasteiger partial charge in [0.05, 0.1) is 22.6 Å². The molecule has 0 radical (unpaired) electrons. The van der Waals surface area contributed by atoms with E-state index in [2.05, 4.69) is 0 Å². The Labute approximate surface area is 176 Å². The summed E-state index contributed by atoms with van der Waals surface area (Å²) in [7, 11) is 0. The van der Waals surface area contributed by atoms with Gasteiger partial charge in [0.15, 0.2) is 0 Å². The molecule has 2 unspecified atom stereocenters. The second-order valence-corrected chi connectivity index (χ2v) is 7.45. The zero-order valence-corrected chi connectivity index (χ0v) is 16.4. The van der Waals surface area contributed by atoms with Gasteiger partial charge < -0.3 is 14.7 Å². The highest BCUT2D eigenvalue weighted by Crippen LogP contribution is 2.40. The van der Waals surface area contributed by atoms with Crippen LogP contribution in [0.25, 0.3) is 5.76 Å². The number of ether oxygens (including phenoxy) is 1. The molecule has 1 amide bonds. The van der Waals surface area contributed by atoms with E-state index in [1.807, 2.05) is 0 Å². The summed E-state index contributed by atoms with van der Waals surface area (Å²) in [5.41, 5.74) is 0.0686. The summed E-state index contributed by atoms with van der Waals surface area (Å²) in [5.74, 6) is -2.72. The van der Waals surface area contributed by atoms with Gasteiger partial charge in [0, 0.05) is 30.8 Å². The number of amides is 1. The predicted octanol–water partition coefficient (Wildman–Crippen LogP) is 3.33. The molecular weight excluding hydrogens is 407 g/mol. The molecule has 9 heteroatoms. The molecule has 2 aliphatic rings. The lowest BCUT2D eigenvalue weighted by Crippen LogP contribution is -2.36. The Morgan fingerprint density at radius 2 is 1.97 bits per heavy atom. The molecule has 8 nitrogen and oxygen atoms in total. The summed E-state index contributed by atoms with van der Waals surface area (Å²) >= 11 is 0. The number of Topliss-reactive ketones (excluding diaryl/α,β-unsaturated/α-hetero) is 1. The lowest BCUT2D eigenvalue weighted by atomic mass is 9.95. The van der Waals surface area contributed by atoms with E-state index in [9.17, 15) is 29.2 Å². The Kier molecular flexibility index (Phi) is 5.51. The minimum atomic E-state index is -1.03. The third-order valence-electron chi connectivity index (χ3n) is 5.48. The third kappa shape index (κ3) is 3.91. The van der Waals surface area contributed by atoms with Gasteiger partial charge in [-0.15, -0.1) is 0 Å². The number of likely N-dealkylation sites (tertiary alicyclic amines) is 1. The number of nitrogens with zero attached hydrogens (tertiary/aromatic N) is 2. The van der Waals surface area contributed by atoms with Crippen molar-refractivity contribution in [1.29, 1.82) is 0 Å².